The summed E-state index contributed by atoms with van der Waals surface area (Å²) < 4.78 is 39.6. The Kier molecular flexibility index (Phi) is 5.56. The van der Waals surface area contributed by atoms with Gasteiger partial charge in [0.05, 0.1) is 5.75 Å². The lowest BCUT2D eigenvalue weighted by Gasteiger charge is -2.20. The molecule has 118 valence electrons. The zero-order chi connectivity index (χ0) is 16.2. The molecule has 0 N–H and O–H groups in total. The van der Waals surface area contributed by atoms with Crippen molar-refractivity contribution in [3.8, 4) is 0 Å². The number of hydrogen-bond donors (Lipinski definition) is 0. The third kappa shape index (κ3) is 4.53. The summed E-state index contributed by atoms with van der Waals surface area (Å²) in [6, 6.07) is 12.7. The Labute approximate surface area is 135 Å². The van der Waals surface area contributed by atoms with Gasteiger partial charge in [-0.15, -0.1) is 0 Å². The smallest absolute Gasteiger partial charge is 0.212 e. The van der Waals surface area contributed by atoms with Crippen molar-refractivity contribution in [3.63, 3.8) is 0 Å². The third-order valence-electron chi connectivity index (χ3n) is 3.23. The quantitative estimate of drug-likeness (QED) is 0.800. The van der Waals surface area contributed by atoms with Gasteiger partial charge in [0.25, 0.3) is 0 Å². The fraction of sp³-hybridized carbons (Fsp3) is 0.250. The van der Waals surface area contributed by atoms with E-state index in [1.165, 1.54) is 22.5 Å². The van der Waals surface area contributed by atoms with Crippen LogP contribution in [0.3, 0.4) is 0 Å². The summed E-state index contributed by atoms with van der Waals surface area (Å²) in [5, 5.41) is 0.566. The van der Waals surface area contributed by atoms with Crippen molar-refractivity contribution >= 4 is 21.6 Å². The molecule has 3 nitrogen and oxygen atoms in total. The molecule has 2 aromatic carbocycles. The Bertz CT molecular complexity index is 749. The predicted molar refractivity (Wildman–Crippen MR) is 86.6 cm³/mol. The van der Waals surface area contributed by atoms with Gasteiger partial charge < -0.3 is 0 Å². The van der Waals surface area contributed by atoms with Gasteiger partial charge in [-0.2, -0.15) is 4.31 Å². The normalized spacial score (nSPS) is 11.8. The maximum atomic E-state index is 13.2. The lowest BCUT2D eigenvalue weighted by Crippen LogP contribution is -2.31. The molecule has 0 fully saturated rings. The van der Waals surface area contributed by atoms with E-state index in [1.54, 1.807) is 31.2 Å². The summed E-state index contributed by atoms with van der Waals surface area (Å²) in [4.78, 5) is 0. The molecule has 0 radical (unpaired) electrons. The second kappa shape index (κ2) is 7.22. The van der Waals surface area contributed by atoms with Crippen LogP contribution in [0.1, 0.15) is 18.1 Å². The SMILES string of the molecule is CCN(Cc1cccc(Cl)c1)S(=O)(=O)Cc1cccc(F)c1. The maximum absolute atomic E-state index is 13.2. The van der Waals surface area contributed by atoms with E-state index in [0.717, 1.165) is 5.56 Å². The second-order valence-corrected chi connectivity index (χ2v) is 7.35. The van der Waals surface area contributed by atoms with Gasteiger partial charge in [-0.3, -0.25) is 0 Å². The van der Waals surface area contributed by atoms with Crippen LogP contribution in [-0.2, 0) is 22.3 Å². The molecule has 0 aromatic heterocycles. The first-order valence-electron chi connectivity index (χ1n) is 6.87. The van der Waals surface area contributed by atoms with Crippen LogP contribution in [0.2, 0.25) is 5.02 Å². The van der Waals surface area contributed by atoms with Crippen molar-refractivity contribution in [3.05, 3.63) is 70.5 Å². The molecule has 0 aliphatic rings. The van der Waals surface area contributed by atoms with Crippen molar-refractivity contribution in [2.75, 3.05) is 6.54 Å². The van der Waals surface area contributed by atoms with Gasteiger partial charge >= 0.3 is 0 Å². The Morgan fingerprint density at radius 2 is 1.77 bits per heavy atom. The molecule has 2 aromatic rings. The van der Waals surface area contributed by atoms with Crippen LogP contribution in [-0.4, -0.2) is 19.3 Å². The standard InChI is InChI=1S/C16H17ClFNO2S/c1-2-19(11-13-5-3-7-15(17)9-13)22(20,21)12-14-6-4-8-16(18)10-14/h3-10H,2,11-12H2,1H3. The largest absolute Gasteiger partial charge is 0.218 e. The second-order valence-electron chi connectivity index (χ2n) is 4.94. The minimum Gasteiger partial charge on any atom is -0.212 e. The molecule has 2 rings (SSSR count). The summed E-state index contributed by atoms with van der Waals surface area (Å²) >= 11 is 5.92. The first-order chi connectivity index (χ1) is 10.4. The number of sulfonamides is 1. The zero-order valence-electron chi connectivity index (χ0n) is 12.2. The number of rotatable bonds is 6. The Hall–Kier alpha value is -1.43. The fourth-order valence-corrected chi connectivity index (χ4v) is 3.91. The van der Waals surface area contributed by atoms with Crippen molar-refractivity contribution in [2.24, 2.45) is 0 Å². The third-order valence-corrected chi connectivity index (χ3v) is 5.34. The van der Waals surface area contributed by atoms with E-state index in [0.29, 0.717) is 17.1 Å². The van der Waals surface area contributed by atoms with Crippen molar-refractivity contribution in [1.82, 2.24) is 4.31 Å². The summed E-state index contributed by atoms with van der Waals surface area (Å²) in [5.74, 6) is -0.662. The van der Waals surface area contributed by atoms with E-state index < -0.39 is 15.8 Å². The van der Waals surface area contributed by atoms with Crippen LogP contribution in [0.4, 0.5) is 4.39 Å². The number of benzene rings is 2. The van der Waals surface area contributed by atoms with Crippen LogP contribution >= 0.6 is 11.6 Å². The molecule has 0 saturated carbocycles. The minimum atomic E-state index is -3.53. The maximum Gasteiger partial charge on any atom is 0.218 e. The molecule has 6 heteroatoms. The average Bonchev–Trinajstić information content (AvgIpc) is 2.44. The van der Waals surface area contributed by atoms with Crippen molar-refractivity contribution in [1.29, 1.82) is 0 Å². The number of hydrogen-bond acceptors (Lipinski definition) is 2. The Morgan fingerprint density at radius 3 is 2.41 bits per heavy atom. The van der Waals surface area contributed by atoms with Gasteiger partial charge in [0.15, 0.2) is 0 Å². The molecular formula is C16H17ClFNO2S. The number of halogens is 2. The first-order valence-corrected chi connectivity index (χ1v) is 8.86. The summed E-state index contributed by atoms with van der Waals surface area (Å²) in [6.45, 7) is 2.35. The lowest BCUT2D eigenvalue weighted by molar-refractivity contribution is 0.422. The molecule has 0 saturated heterocycles. The van der Waals surface area contributed by atoms with Gasteiger partial charge in [-0.1, -0.05) is 42.8 Å². The van der Waals surface area contributed by atoms with E-state index in [-0.39, 0.29) is 12.3 Å². The summed E-state index contributed by atoms with van der Waals surface area (Å²) in [6.07, 6.45) is 0. The topological polar surface area (TPSA) is 37.4 Å². The predicted octanol–water partition coefficient (Wildman–Crippen LogP) is 3.83. The Balaban J connectivity index is 2.18. The summed E-state index contributed by atoms with van der Waals surface area (Å²) in [5.41, 5.74) is 1.25. The molecular weight excluding hydrogens is 325 g/mol. The van der Waals surface area contributed by atoms with E-state index in [1.807, 2.05) is 6.07 Å². The van der Waals surface area contributed by atoms with Crippen molar-refractivity contribution in [2.45, 2.75) is 19.2 Å². The highest BCUT2D eigenvalue weighted by molar-refractivity contribution is 7.88. The monoisotopic (exact) mass is 341 g/mol. The van der Waals surface area contributed by atoms with Crippen LogP contribution in [0.25, 0.3) is 0 Å². The van der Waals surface area contributed by atoms with Crippen LogP contribution in [0.5, 0.6) is 0 Å². The van der Waals surface area contributed by atoms with Crippen LogP contribution in [0, 0.1) is 5.82 Å². The van der Waals surface area contributed by atoms with Gasteiger partial charge in [-0.05, 0) is 35.4 Å². The number of nitrogens with zero attached hydrogens (tertiary/aromatic N) is 1. The molecule has 0 aliphatic heterocycles. The van der Waals surface area contributed by atoms with Crippen molar-refractivity contribution < 1.29 is 12.8 Å². The highest BCUT2D eigenvalue weighted by Crippen LogP contribution is 2.17. The summed E-state index contributed by atoms with van der Waals surface area (Å²) in [7, 11) is -3.53. The van der Waals surface area contributed by atoms with E-state index >= 15 is 0 Å². The van der Waals surface area contributed by atoms with Gasteiger partial charge in [0.2, 0.25) is 10.0 Å². The molecule has 0 amide bonds. The molecule has 22 heavy (non-hydrogen) atoms. The van der Waals surface area contributed by atoms with Crippen LogP contribution in [0.15, 0.2) is 48.5 Å². The fourth-order valence-electron chi connectivity index (χ4n) is 2.17. The van der Waals surface area contributed by atoms with Gasteiger partial charge in [0.1, 0.15) is 5.82 Å². The molecule has 0 bridgehead atoms. The average molecular weight is 342 g/mol. The van der Waals surface area contributed by atoms with E-state index in [4.69, 9.17) is 11.6 Å². The Morgan fingerprint density at radius 1 is 1.09 bits per heavy atom. The van der Waals surface area contributed by atoms with Crippen LogP contribution < -0.4 is 0 Å². The van der Waals surface area contributed by atoms with Gasteiger partial charge in [0, 0.05) is 18.1 Å². The minimum absolute atomic E-state index is 0.223. The van der Waals surface area contributed by atoms with Gasteiger partial charge in [-0.25, -0.2) is 12.8 Å². The lowest BCUT2D eigenvalue weighted by atomic mass is 10.2. The molecule has 0 unspecified atom stereocenters. The molecule has 0 heterocycles. The highest BCUT2D eigenvalue weighted by atomic mass is 35.5. The van der Waals surface area contributed by atoms with E-state index in [9.17, 15) is 12.8 Å². The zero-order valence-corrected chi connectivity index (χ0v) is 13.7. The molecule has 0 aliphatic carbocycles. The first kappa shape index (κ1) is 16.9. The van der Waals surface area contributed by atoms with E-state index in [2.05, 4.69) is 0 Å². The molecule has 0 spiro atoms. The molecule has 0 atom stereocenters. The highest BCUT2D eigenvalue weighted by Gasteiger charge is 2.21.